The number of aromatic nitrogens is 3. The zero-order valence-electron chi connectivity index (χ0n) is 12.6. The second kappa shape index (κ2) is 5.53. The second-order valence-corrected chi connectivity index (χ2v) is 5.19. The highest BCUT2D eigenvalue weighted by Crippen LogP contribution is 2.21. The van der Waals surface area contributed by atoms with Gasteiger partial charge in [-0.1, -0.05) is 6.07 Å². The summed E-state index contributed by atoms with van der Waals surface area (Å²) in [6, 6.07) is 19.7. The Hall–Kier alpha value is -3.21. The van der Waals surface area contributed by atoms with Gasteiger partial charge in [-0.15, -0.1) is 0 Å². The fraction of sp³-hybridized carbons (Fsp3) is 0.0556. The lowest BCUT2D eigenvalue weighted by molar-refractivity contribution is -0.485. The minimum atomic E-state index is 0.821. The number of fused-ring (bicyclic) bond motifs is 3. The molecule has 0 spiro atoms. The fourth-order valence-corrected chi connectivity index (χ4v) is 2.54. The van der Waals surface area contributed by atoms with E-state index in [2.05, 4.69) is 21.6 Å². The molecule has 0 bridgehead atoms. The molecule has 0 radical (unpaired) electrons. The minimum Gasteiger partial charge on any atom is -0.497 e. The van der Waals surface area contributed by atoms with E-state index in [0.29, 0.717) is 0 Å². The van der Waals surface area contributed by atoms with Crippen LogP contribution in [0.4, 0.5) is 11.4 Å². The minimum absolute atomic E-state index is 0.821. The molecule has 0 aliphatic carbocycles. The van der Waals surface area contributed by atoms with Crippen molar-refractivity contribution in [3.8, 4) is 5.75 Å². The molecule has 2 aromatic heterocycles. The maximum absolute atomic E-state index is 5.18. The summed E-state index contributed by atoms with van der Waals surface area (Å²) in [7, 11) is 1.66. The molecule has 112 valence electrons. The van der Waals surface area contributed by atoms with Crippen LogP contribution in [0, 0.1) is 0 Å². The molecule has 0 atom stereocenters. The summed E-state index contributed by atoms with van der Waals surface area (Å²) in [4.78, 5) is 0. The molecule has 0 unspecified atom stereocenters. The maximum atomic E-state index is 5.18. The average molecular weight is 303 g/mol. The van der Waals surface area contributed by atoms with Gasteiger partial charge in [0.15, 0.2) is 11.0 Å². The summed E-state index contributed by atoms with van der Waals surface area (Å²) in [5.41, 5.74) is 4.68. The van der Waals surface area contributed by atoms with E-state index in [1.807, 2.05) is 65.2 Å². The fourth-order valence-electron chi connectivity index (χ4n) is 2.54. The van der Waals surface area contributed by atoms with Gasteiger partial charge >= 0.3 is 5.65 Å². The number of pyridine rings is 1. The van der Waals surface area contributed by atoms with Gasteiger partial charge in [0.1, 0.15) is 5.75 Å². The molecule has 0 fully saturated rings. The first kappa shape index (κ1) is 13.5. The zero-order valence-corrected chi connectivity index (χ0v) is 12.6. The molecule has 4 rings (SSSR count). The highest BCUT2D eigenvalue weighted by Gasteiger charge is 2.10. The zero-order chi connectivity index (χ0) is 15.6. The number of rotatable bonds is 3. The molecule has 2 aromatic carbocycles. The van der Waals surface area contributed by atoms with Crippen LogP contribution in [0.2, 0.25) is 0 Å². The van der Waals surface area contributed by atoms with Gasteiger partial charge in [0.05, 0.1) is 18.4 Å². The molecule has 1 N–H and O–H groups in total. The van der Waals surface area contributed by atoms with Gasteiger partial charge in [0, 0.05) is 23.5 Å². The molecule has 0 aliphatic heterocycles. The van der Waals surface area contributed by atoms with Crippen molar-refractivity contribution in [3.05, 3.63) is 66.9 Å². The summed E-state index contributed by atoms with van der Waals surface area (Å²) in [5.74, 6) is 0.839. The monoisotopic (exact) mass is 303 g/mol. The Bertz CT molecular complexity index is 983. The number of nitrogens with one attached hydrogen (secondary N) is 1. The van der Waals surface area contributed by atoms with Crippen LogP contribution in [-0.2, 0) is 0 Å². The average Bonchev–Trinajstić information content (AvgIpc) is 2.62. The molecule has 23 heavy (non-hydrogen) atoms. The number of benzene rings is 2. The molecule has 5 heteroatoms. The standard InChI is InChI=1S/C18H14N4O/c1-23-15-8-5-13(6-9-15)19-14-7-10-16-17(12-14)22-11-3-2-4-18(22)21-20-16/h2-12H,1H3/p+1. The predicted molar refractivity (Wildman–Crippen MR) is 89.0 cm³/mol. The summed E-state index contributed by atoms with van der Waals surface area (Å²) in [6.45, 7) is 0. The van der Waals surface area contributed by atoms with Crippen molar-refractivity contribution in [2.45, 2.75) is 0 Å². The van der Waals surface area contributed by atoms with E-state index >= 15 is 0 Å². The van der Waals surface area contributed by atoms with E-state index in [9.17, 15) is 0 Å². The Labute approximate surface area is 133 Å². The molecule has 0 saturated heterocycles. The van der Waals surface area contributed by atoms with Crippen LogP contribution >= 0.6 is 0 Å². The smallest absolute Gasteiger partial charge is 0.355 e. The Morgan fingerprint density at radius 1 is 0.913 bits per heavy atom. The number of hydrogen-bond acceptors (Lipinski definition) is 4. The van der Waals surface area contributed by atoms with Crippen LogP contribution in [0.1, 0.15) is 0 Å². The summed E-state index contributed by atoms with van der Waals surface area (Å²) >= 11 is 0. The highest BCUT2D eigenvalue weighted by molar-refractivity contribution is 5.77. The van der Waals surface area contributed by atoms with Crippen LogP contribution < -0.4 is 14.5 Å². The molecular formula is C18H15N4O+. The highest BCUT2D eigenvalue weighted by atomic mass is 16.5. The van der Waals surface area contributed by atoms with Crippen LogP contribution in [0.25, 0.3) is 16.7 Å². The topological polar surface area (TPSA) is 51.1 Å². The molecule has 0 amide bonds. The van der Waals surface area contributed by atoms with Crippen LogP contribution in [-0.4, -0.2) is 17.3 Å². The quantitative estimate of drug-likeness (QED) is 0.467. The third-order valence-electron chi connectivity index (χ3n) is 3.71. The van der Waals surface area contributed by atoms with Crippen molar-refractivity contribution in [2.75, 3.05) is 12.4 Å². The molecular weight excluding hydrogens is 288 g/mol. The molecule has 0 aliphatic rings. The number of methoxy groups -OCH3 is 1. The van der Waals surface area contributed by atoms with Gasteiger partial charge < -0.3 is 10.1 Å². The lowest BCUT2D eigenvalue weighted by Crippen LogP contribution is -2.24. The van der Waals surface area contributed by atoms with Gasteiger partial charge in [-0.25, -0.2) is 0 Å². The van der Waals surface area contributed by atoms with E-state index < -0.39 is 0 Å². The Balaban J connectivity index is 1.76. The van der Waals surface area contributed by atoms with Crippen molar-refractivity contribution < 1.29 is 9.14 Å². The summed E-state index contributed by atoms with van der Waals surface area (Å²) in [6.07, 6.45) is 1.99. The molecule has 4 aromatic rings. The summed E-state index contributed by atoms with van der Waals surface area (Å²) in [5, 5.41) is 11.9. The Morgan fingerprint density at radius 2 is 1.74 bits per heavy atom. The largest absolute Gasteiger partial charge is 0.497 e. The molecule has 2 heterocycles. The van der Waals surface area contributed by atoms with Crippen molar-refractivity contribution in [3.63, 3.8) is 0 Å². The van der Waals surface area contributed by atoms with E-state index in [1.54, 1.807) is 7.11 Å². The SMILES string of the molecule is COc1ccc(Nc2ccc3nnc4cccc[n+]4c3c2)cc1. The Morgan fingerprint density at radius 3 is 2.57 bits per heavy atom. The first-order valence-corrected chi connectivity index (χ1v) is 7.31. The Kier molecular flexibility index (Phi) is 3.24. The van der Waals surface area contributed by atoms with E-state index in [4.69, 9.17) is 4.74 Å². The van der Waals surface area contributed by atoms with Crippen LogP contribution in [0.3, 0.4) is 0 Å². The first-order chi connectivity index (χ1) is 11.3. The van der Waals surface area contributed by atoms with Gasteiger partial charge in [-0.2, -0.15) is 4.40 Å². The van der Waals surface area contributed by atoms with Crippen molar-refractivity contribution in [1.29, 1.82) is 0 Å². The second-order valence-electron chi connectivity index (χ2n) is 5.19. The molecule has 5 nitrogen and oxygen atoms in total. The third-order valence-corrected chi connectivity index (χ3v) is 3.71. The van der Waals surface area contributed by atoms with Crippen LogP contribution in [0.15, 0.2) is 66.9 Å². The number of nitrogens with zero attached hydrogens (tertiary/aromatic N) is 3. The lowest BCUT2D eigenvalue weighted by Gasteiger charge is -2.07. The predicted octanol–water partition coefficient (Wildman–Crippen LogP) is 3.12. The summed E-state index contributed by atoms with van der Waals surface area (Å²) < 4.78 is 7.21. The van der Waals surface area contributed by atoms with E-state index in [0.717, 1.165) is 33.8 Å². The van der Waals surface area contributed by atoms with Gasteiger partial charge in [-0.05, 0) is 47.6 Å². The van der Waals surface area contributed by atoms with Crippen molar-refractivity contribution in [2.24, 2.45) is 0 Å². The lowest BCUT2D eigenvalue weighted by atomic mass is 10.2. The van der Waals surface area contributed by atoms with E-state index in [1.165, 1.54) is 0 Å². The van der Waals surface area contributed by atoms with Gasteiger partial charge in [0.2, 0.25) is 0 Å². The third kappa shape index (κ3) is 2.53. The normalized spacial score (nSPS) is 10.8. The number of ether oxygens (including phenoxy) is 1. The maximum Gasteiger partial charge on any atom is 0.355 e. The van der Waals surface area contributed by atoms with Gasteiger partial charge in [-0.3, -0.25) is 0 Å². The number of hydrogen-bond donors (Lipinski definition) is 1. The first-order valence-electron chi connectivity index (χ1n) is 7.31. The van der Waals surface area contributed by atoms with E-state index in [-0.39, 0.29) is 0 Å². The van der Waals surface area contributed by atoms with Gasteiger partial charge in [0.25, 0.3) is 0 Å². The molecule has 0 saturated carbocycles. The van der Waals surface area contributed by atoms with Crippen molar-refractivity contribution in [1.82, 2.24) is 10.2 Å². The number of anilines is 2. The van der Waals surface area contributed by atoms with Crippen LogP contribution in [0.5, 0.6) is 5.75 Å². The van der Waals surface area contributed by atoms with Crippen molar-refractivity contribution >= 4 is 28.1 Å².